The highest BCUT2D eigenvalue weighted by Gasteiger charge is 2.25. The highest BCUT2D eigenvalue weighted by atomic mass is 16.2. The molecule has 1 aliphatic rings. The number of rotatable bonds is 4. The smallest absolute Gasteiger partial charge is 0.236 e. The minimum Gasteiger partial charge on any atom is -0.348 e. The van der Waals surface area contributed by atoms with Crippen molar-refractivity contribution in [2.24, 2.45) is 5.92 Å². The van der Waals surface area contributed by atoms with E-state index in [2.05, 4.69) is 17.1 Å². The summed E-state index contributed by atoms with van der Waals surface area (Å²) in [6, 6.07) is 0.539. The van der Waals surface area contributed by atoms with Crippen LogP contribution in [-0.4, -0.2) is 62.5 Å². The van der Waals surface area contributed by atoms with Crippen LogP contribution < -0.4 is 5.32 Å². The van der Waals surface area contributed by atoms with Gasteiger partial charge in [0.2, 0.25) is 5.91 Å². The average Bonchev–Trinajstić information content (AvgIpc) is 2.28. The second kappa shape index (κ2) is 6.21. The molecule has 94 valence electrons. The Bertz CT molecular complexity index is 230. The second-order valence-electron chi connectivity index (χ2n) is 5.00. The SMILES string of the molecule is CNC(C)C1CCCN(CC(=O)N(C)C)C1. The number of hydrogen-bond acceptors (Lipinski definition) is 3. The summed E-state index contributed by atoms with van der Waals surface area (Å²) in [5, 5.41) is 3.31. The molecule has 1 saturated heterocycles. The molecule has 4 heteroatoms. The lowest BCUT2D eigenvalue weighted by atomic mass is 9.92. The Morgan fingerprint density at radius 2 is 2.25 bits per heavy atom. The van der Waals surface area contributed by atoms with E-state index in [0.29, 0.717) is 18.5 Å². The molecule has 2 unspecified atom stereocenters. The maximum absolute atomic E-state index is 11.6. The van der Waals surface area contributed by atoms with Crippen molar-refractivity contribution in [3.05, 3.63) is 0 Å². The van der Waals surface area contributed by atoms with Crippen LogP contribution in [0.5, 0.6) is 0 Å². The van der Waals surface area contributed by atoms with Gasteiger partial charge in [-0.1, -0.05) is 0 Å². The van der Waals surface area contributed by atoms with Crippen LogP contribution >= 0.6 is 0 Å². The quantitative estimate of drug-likeness (QED) is 0.755. The maximum atomic E-state index is 11.6. The van der Waals surface area contributed by atoms with Crippen molar-refractivity contribution in [2.45, 2.75) is 25.8 Å². The van der Waals surface area contributed by atoms with Crippen LogP contribution in [0.4, 0.5) is 0 Å². The molecule has 0 aromatic rings. The van der Waals surface area contributed by atoms with E-state index >= 15 is 0 Å². The topological polar surface area (TPSA) is 35.6 Å². The molecular weight excluding hydrogens is 202 g/mol. The summed E-state index contributed by atoms with van der Waals surface area (Å²) >= 11 is 0. The predicted octanol–water partition coefficient (Wildman–Crippen LogP) is 0.395. The second-order valence-corrected chi connectivity index (χ2v) is 5.00. The lowest BCUT2D eigenvalue weighted by Gasteiger charge is -2.35. The van der Waals surface area contributed by atoms with Crippen LogP contribution in [0.3, 0.4) is 0 Å². The molecule has 1 N–H and O–H groups in total. The molecule has 0 saturated carbocycles. The Labute approximate surface area is 99.0 Å². The van der Waals surface area contributed by atoms with E-state index in [0.717, 1.165) is 13.1 Å². The molecule has 1 aliphatic heterocycles. The zero-order chi connectivity index (χ0) is 12.1. The first-order chi connectivity index (χ1) is 7.54. The van der Waals surface area contributed by atoms with E-state index in [1.54, 1.807) is 4.90 Å². The summed E-state index contributed by atoms with van der Waals surface area (Å²) in [5.74, 6) is 0.881. The number of carbonyl (C=O) groups excluding carboxylic acids is 1. The molecule has 1 amide bonds. The Morgan fingerprint density at radius 3 is 2.81 bits per heavy atom. The summed E-state index contributed by atoms with van der Waals surface area (Å²) in [7, 11) is 5.65. The van der Waals surface area contributed by atoms with Gasteiger partial charge in [0, 0.05) is 26.7 Å². The van der Waals surface area contributed by atoms with Crippen molar-refractivity contribution in [2.75, 3.05) is 40.8 Å². The molecule has 2 atom stereocenters. The minimum absolute atomic E-state index is 0.206. The highest BCUT2D eigenvalue weighted by molar-refractivity contribution is 5.77. The van der Waals surface area contributed by atoms with Crippen LogP contribution in [-0.2, 0) is 4.79 Å². The van der Waals surface area contributed by atoms with Gasteiger partial charge in [0.1, 0.15) is 0 Å². The first-order valence-electron chi connectivity index (χ1n) is 6.14. The van der Waals surface area contributed by atoms with Crippen LogP contribution in [0.2, 0.25) is 0 Å². The molecular formula is C12H25N3O. The first-order valence-corrected chi connectivity index (χ1v) is 6.14. The summed E-state index contributed by atoms with van der Waals surface area (Å²) in [6.07, 6.45) is 2.48. The standard InChI is InChI=1S/C12H25N3O/c1-10(13-2)11-6-5-7-15(8-11)9-12(16)14(3)4/h10-11,13H,5-9H2,1-4H3. The lowest BCUT2D eigenvalue weighted by molar-refractivity contribution is -0.130. The predicted molar refractivity (Wildman–Crippen MR) is 66.4 cm³/mol. The molecule has 1 heterocycles. The fourth-order valence-corrected chi connectivity index (χ4v) is 2.21. The fourth-order valence-electron chi connectivity index (χ4n) is 2.21. The molecule has 1 fully saturated rings. The molecule has 0 spiro atoms. The Morgan fingerprint density at radius 1 is 1.56 bits per heavy atom. The van der Waals surface area contributed by atoms with E-state index in [-0.39, 0.29) is 5.91 Å². The van der Waals surface area contributed by atoms with Gasteiger partial charge in [-0.3, -0.25) is 9.69 Å². The molecule has 0 aliphatic carbocycles. The van der Waals surface area contributed by atoms with Gasteiger partial charge in [-0.25, -0.2) is 0 Å². The minimum atomic E-state index is 0.206. The number of likely N-dealkylation sites (tertiary alicyclic amines) is 1. The van der Waals surface area contributed by atoms with Gasteiger partial charge < -0.3 is 10.2 Å². The number of nitrogens with one attached hydrogen (secondary N) is 1. The monoisotopic (exact) mass is 227 g/mol. The average molecular weight is 227 g/mol. The lowest BCUT2D eigenvalue weighted by Crippen LogP contribution is -2.46. The van der Waals surface area contributed by atoms with Gasteiger partial charge in [-0.2, -0.15) is 0 Å². The highest BCUT2D eigenvalue weighted by Crippen LogP contribution is 2.19. The normalized spacial score (nSPS) is 24.1. The van der Waals surface area contributed by atoms with Crippen LogP contribution in [0.25, 0.3) is 0 Å². The maximum Gasteiger partial charge on any atom is 0.236 e. The number of carbonyl (C=O) groups is 1. The summed E-state index contributed by atoms with van der Waals surface area (Å²) in [4.78, 5) is 15.6. The van der Waals surface area contributed by atoms with E-state index in [4.69, 9.17) is 0 Å². The molecule has 0 bridgehead atoms. The van der Waals surface area contributed by atoms with Crippen molar-refractivity contribution in [1.82, 2.24) is 15.1 Å². The number of piperidine rings is 1. The molecule has 1 rings (SSSR count). The largest absolute Gasteiger partial charge is 0.348 e. The van der Waals surface area contributed by atoms with Crippen molar-refractivity contribution in [3.8, 4) is 0 Å². The van der Waals surface area contributed by atoms with Gasteiger partial charge in [-0.05, 0) is 39.3 Å². The summed E-state index contributed by atoms with van der Waals surface area (Å²) in [6.45, 7) is 4.90. The molecule has 0 aromatic carbocycles. The number of nitrogens with zero attached hydrogens (tertiary/aromatic N) is 2. The van der Waals surface area contributed by atoms with Crippen LogP contribution in [0, 0.1) is 5.92 Å². The van der Waals surface area contributed by atoms with Crippen molar-refractivity contribution < 1.29 is 4.79 Å². The van der Waals surface area contributed by atoms with Crippen molar-refractivity contribution in [1.29, 1.82) is 0 Å². The summed E-state index contributed by atoms with van der Waals surface area (Å²) < 4.78 is 0. The third-order valence-corrected chi connectivity index (χ3v) is 3.56. The molecule has 16 heavy (non-hydrogen) atoms. The van der Waals surface area contributed by atoms with Gasteiger partial charge in [-0.15, -0.1) is 0 Å². The fraction of sp³-hybridized carbons (Fsp3) is 0.917. The molecule has 0 aromatic heterocycles. The Kier molecular flexibility index (Phi) is 5.22. The number of amides is 1. The Hall–Kier alpha value is -0.610. The van der Waals surface area contributed by atoms with E-state index in [1.165, 1.54) is 12.8 Å². The van der Waals surface area contributed by atoms with Crippen LogP contribution in [0.15, 0.2) is 0 Å². The van der Waals surface area contributed by atoms with Gasteiger partial charge in [0.05, 0.1) is 6.54 Å². The molecule has 0 radical (unpaired) electrons. The van der Waals surface area contributed by atoms with E-state index < -0.39 is 0 Å². The van der Waals surface area contributed by atoms with Gasteiger partial charge in [0.15, 0.2) is 0 Å². The first kappa shape index (κ1) is 13.5. The zero-order valence-corrected chi connectivity index (χ0v) is 11.0. The molecule has 4 nitrogen and oxygen atoms in total. The van der Waals surface area contributed by atoms with Crippen molar-refractivity contribution in [3.63, 3.8) is 0 Å². The van der Waals surface area contributed by atoms with Gasteiger partial charge in [0.25, 0.3) is 0 Å². The number of likely N-dealkylation sites (N-methyl/N-ethyl adjacent to an activating group) is 1. The Balaban J connectivity index is 2.41. The third kappa shape index (κ3) is 3.76. The van der Waals surface area contributed by atoms with E-state index in [1.807, 2.05) is 21.1 Å². The summed E-state index contributed by atoms with van der Waals surface area (Å²) in [5.41, 5.74) is 0. The zero-order valence-electron chi connectivity index (χ0n) is 11.0. The van der Waals surface area contributed by atoms with Crippen molar-refractivity contribution >= 4 is 5.91 Å². The van der Waals surface area contributed by atoms with E-state index in [9.17, 15) is 4.79 Å². The third-order valence-electron chi connectivity index (χ3n) is 3.56. The number of hydrogen-bond donors (Lipinski definition) is 1. The van der Waals surface area contributed by atoms with Gasteiger partial charge >= 0.3 is 0 Å². The van der Waals surface area contributed by atoms with Crippen LogP contribution in [0.1, 0.15) is 19.8 Å².